The predicted molar refractivity (Wildman–Crippen MR) is 143 cm³/mol. The number of hydrogen-bond donors (Lipinski definition) is 3. The van der Waals surface area contributed by atoms with Crippen molar-refractivity contribution in [2.45, 2.75) is 50.9 Å². The van der Waals surface area contributed by atoms with Crippen LogP contribution in [-0.4, -0.2) is 57.8 Å². The van der Waals surface area contributed by atoms with Gasteiger partial charge < -0.3 is 25.0 Å². The molecular weight excluding hydrogens is 482 g/mol. The summed E-state index contributed by atoms with van der Waals surface area (Å²) in [6.07, 6.45) is 4.34. The lowest BCUT2D eigenvalue weighted by Gasteiger charge is -2.43. The number of rotatable bonds is 8. The molecule has 2 saturated heterocycles. The summed E-state index contributed by atoms with van der Waals surface area (Å²) in [5.74, 6) is -0.149. The number of pyridine rings is 1. The predicted octanol–water partition coefficient (Wildman–Crippen LogP) is 4.07. The standard InChI is InChI=1S/C30H35N3O5/c1-20-27(17-33-15-3-5-26(33)19-35)37-30(38-28(20)22-8-6-21(18-34)7-9-22)23-10-12-25(13-11-23)32-29(36)24-4-2-14-31-16-24/h2,4,6-14,16,20,26-28,30,34-35H,3,5,15,17-19H2,1H3,(H,32,36)/t20-,26-,27+,28+,30+/m0/s1. The maximum atomic E-state index is 12.5. The van der Waals surface area contributed by atoms with Gasteiger partial charge in [-0.2, -0.15) is 0 Å². The molecule has 2 aliphatic rings. The number of aromatic nitrogens is 1. The molecule has 0 unspecified atom stereocenters. The Morgan fingerprint density at radius 1 is 1.05 bits per heavy atom. The molecule has 0 bridgehead atoms. The lowest BCUT2D eigenvalue weighted by molar-refractivity contribution is -0.276. The molecule has 2 fully saturated rings. The zero-order chi connectivity index (χ0) is 26.5. The smallest absolute Gasteiger partial charge is 0.257 e. The van der Waals surface area contributed by atoms with Crippen LogP contribution in [0.3, 0.4) is 0 Å². The first-order valence-electron chi connectivity index (χ1n) is 13.2. The largest absolute Gasteiger partial charge is 0.395 e. The number of benzene rings is 2. The maximum Gasteiger partial charge on any atom is 0.257 e. The van der Waals surface area contributed by atoms with Gasteiger partial charge in [-0.05, 0) is 54.8 Å². The number of nitrogens with zero attached hydrogens (tertiary/aromatic N) is 2. The summed E-state index contributed by atoms with van der Waals surface area (Å²) in [6.45, 7) is 3.96. The summed E-state index contributed by atoms with van der Waals surface area (Å²) < 4.78 is 13.1. The van der Waals surface area contributed by atoms with Crippen molar-refractivity contribution in [2.24, 2.45) is 5.92 Å². The summed E-state index contributed by atoms with van der Waals surface area (Å²) in [5, 5.41) is 22.2. The van der Waals surface area contributed by atoms with Crippen LogP contribution in [0.25, 0.3) is 0 Å². The van der Waals surface area contributed by atoms with Gasteiger partial charge in [0.05, 0.1) is 31.0 Å². The minimum atomic E-state index is -0.586. The Morgan fingerprint density at radius 3 is 2.50 bits per heavy atom. The molecule has 2 aromatic carbocycles. The van der Waals surface area contributed by atoms with Crippen molar-refractivity contribution in [1.29, 1.82) is 0 Å². The van der Waals surface area contributed by atoms with E-state index in [0.717, 1.165) is 42.6 Å². The van der Waals surface area contributed by atoms with Crippen molar-refractivity contribution in [3.63, 3.8) is 0 Å². The number of amides is 1. The van der Waals surface area contributed by atoms with Gasteiger partial charge in [0.25, 0.3) is 5.91 Å². The van der Waals surface area contributed by atoms with Crippen LogP contribution in [-0.2, 0) is 16.1 Å². The van der Waals surface area contributed by atoms with Crippen LogP contribution in [0.4, 0.5) is 5.69 Å². The Morgan fingerprint density at radius 2 is 1.82 bits per heavy atom. The first kappa shape index (κ1) is 26.5. The Kier molecular flexibility index (Phi) is 8.46. The van der Waals surface area contributed by atoms with Gasteiger partial charge in [0, 0.05) is 42.1 Å². The van der Waals surface area contributed by atoms with Crippen molar-refractivity contribution >= 4 is 11.6 Å². The van der Waals surface area contributed by atoms with E-state index in [9.17, 15) is 15.0 Å². The van der Waals surface area contributed by atoms with Gasteiger partial charge in [-0.3, -0.25) is 14.7 Å². The topological polar surface area (TPSA) is 104 Å². The average molecular weight is 518 g/mol. The fraction of sp³-hybridized carbons (Fsp3) is 0.400. The zero-order valence-corrected chi connectivity index (χ0v) is 21.6. The second-order valence-corrected chi connectivity index (χ2v) is 10.1. The van der Waals surface area contributed by atoms with Crippen LogP contribution in [0.5, 0.6) is 0 Å². The Bertz CT molecular complexity index is 1190. The first-order valence-corrected chi connectivity index (χ1v) is 13.2. The number of carbonyl (C=O) groups is 1. The SMILES string of the molecule is C[C@H]1[C@@H](CN2CCC[C@H]2CO)O[C@@H](c2ccc(NC(=O)c3cccnc3)cc2)O[C@H]1c1ccc(CO)cc1. The van der Waals surface area contributed by atoms with Gasteiger partial charge in [0.15, 0.2) is 6.29 Å². The minimum absolute atomic E-state index is 0.00308. The molecule has 200 valence electrons. The molecule has 3 N–H and O–H groups in total. The molecule has 5 rings (SSSR count). The Labute approximate surface area is 223 Å². The highest BCUT2D eigenvalue weighted by Gasteiger charge is 2.40. The van der Waals surface area contributed by atoms with Crippen molar-refractivity contribution in [3.8, 4) is 0 Å². The normalized spacial score (nSPS) is 25.8. The van der Waals surface area contributed by atoms with Gasteiger partial charge in [0.2, 0.25) is 0 Å². The Balaban J connectivity index is 1.35. The highest BCUT2D eigenvalue weighted by Crippen LogP contribution is 2.42. The molecule has 3 heterocycles. The van der Waals surface area contributed by atoms with Crippen molar-refractivity contribution in [2.75, 3.05) is 25.0 Å². The van der Waals surface area contributed by atoms with Crippen LogP contribution < -0.4 is 5.32 Å². The third-order valence-corrected chi connectivity index (χ3v) is 7.61. The lowest BCUT2D eigenvalue weighted by Crippen LogP contribution is -2.46. The highest BCUT2D eigenvalue weighted by molar-refractivity contribution is 6.03. The monoisotopic (exact) mass is 517 g/mol. The van der Waals surface area contributed by atoms with E-state index in [1.54, 1.807) is 18.3 Å². The van der Waals surface area contributed by atoms with Crippen molar-refractivity contribution < 1.29 is 24.5 Å². The molecule has 1 amide bonds. The third kappa shape index (κ3) is 5.95. The maximum absolute atomic E-state index is 12.5. The van der Waals surface area contributed by atoms with Crippen LogP contribution in [0.2, 0.25) is 0 Å². The van der Waals surface area contributed by atoms with Gasteiger partial charge >= 0.3 is 0 Å². The van der Waals surface area contributed by atoms with Crippen molar-refractivity contribution in [3.05, 3.63) is 95.3 Å². The summed E-state index contributed by atoms with van der Waals surface area (Å²) in [6, 6.07) is 19.0. The number of likely N-dealkylation sites (tertiary alicyclic amines) is 1. The molecule has 0 aliphatic carbocycles. The first-order chi connectivity index (χ1) is 18.6. The number of anilines is 1. The minimum Gasteiger partial charge on any atom is -0.395 e. The summed E-state index contributed by atoms with van der Waals surface area (Å²) in [4.78, 5) is 18.8. The van der Waals surface area contributed by atoms with E-state index in [4.69, 9.17) is 9.47 Å². The molecule has 0 saturated carbocycles. The molecule has 8 heteroatoms. The summed E-state index contributed by atoms with van der Waals surface area (Å²) in [5.41, 5.74) is 3.91. The number of ether oxygens (including phenoxy) is 2. The number of hydrogen-bond acceptors (Lipinski definition) is 7. The molecule has 3 aromatic rings. The van der Waals surface area contributed by atoms with Crippen molar-refractivity contribution in [1.82, 2.24) is 9.88 Å². The van der Waals surface area contributed by atoms with Crippen LogP contribution in [0, 0.1) is 5.92 Å². The summed E-state index contributed by atoms with van der Waals surface area (Å²) >= 11 is 0. The van der Waals surface area contributed by atoms with E-state index in [-0.39, 0.29) is 43.3 Å². The molecule has 2 aliphatic heterocycles. The van der Waals surface area contributed by atoms with Gasteiger partial charge in [-0.15, -0.1) is 0 Å². The van der Waals surface area contributed by atoms with E-state index in [0.29, 0.717) is 11.3 Å². The average Bonchev–Trinajstić information content (AvgIpc) is 3.42. The van der Waals surface area contributed by atoms with E-state index in [1.807, 2.05) is 48.5 Å². The number of aliphatic hydroxyl groups excluding tert-OH is 2. The number of nitrogens with one attached hydrogen (secondary N) is 1. The van der Waals surface area contributed by atoms with Gasteiger partial charge in [-0.1, -0.05) is 43.3 Å². The molecular formula is C30H35N3O5. The highest BCUT2D eigenvalue weighted by atomic mass is 16.7. The van der Waals surface area contributed by atoms with E-state index in [2.05, 4.69) is 22.1 Å². The van der Waals surface area contributed by atoms with Gasteiger partial charge in [-0.25, -0.2) is 0 Å². The third-order valence-electron chi connectivity index (χ3n) is 7.61. The molecule has 5 atom stereocenters. The van der Waals surface area contributed by atoms with Crippen LogP contribution >= 0.6 is 0 Å². The van der Waals surface area contributed by atoms with Crippen LogP contribution in [0.1, 0.15) is 59.2 Å². The molecule has 1 aromatic heterocycles. The fourth-order valence-electron chi connectivity index (χ4n) is 5.33. The molecule has 0 radical (unpaired) electrons. The second kappa shape index (κ2) is 12.1. The van der Waals surface area contributed by atoms with Gasteiger partial charge in [0.1, 0.15) is 0 Å². The summed E-state index contributed by atoms with van der Waals surface area (Å²) in [7, 11) is 0. The molecule has 0 spiro atoms. The van der Waals surface area contributed by atoms with Crippen LogP contribution in [0.15, 0.2) is 73.1 Å². The van der Waals surface area contributed by atoms with E-state index < -0.39 is 6.29 Å². The number of aliphatic hydroxyl groups is 2. The lowest BCUT2D eigenvalue weighted by atomic mass is 9.90. The second-order valence-electron chi connectivity index (χ2n) is 10.1. The fourth-order valence-corrected chi connectivity index (χ4v) is 5.33. The molecule has 38 heavy (non-hydrogen) atoms. The zero-order valence-electron chi connectivity index (χ0n) is 21.6. The Hall–Kier alpha value is -3.14. The number of carbonyl (C=O) groups excluding carboxylic acids is 1. The molecule has 8 nitrogen and oxygen atoms in total. The quantitative estimate of drug-likeness (QED) is 0.414. The van der Waals surface area contributed by atoms with E-state index in [1.165, 1.54) is 6.20 Å². The van der Waals surface area contributed by atoms with E-state index >= 15 is 0 Å².